The van der Waals surface area contributed by atoms with Crippen molar-refractivity contribution in [2.24, 2.45) is 0 Å². The largest absolute Gasteiger partial charge is 0.464 e. The van der Waals surface area contributed by atoms with E-state index in [0.29, 0.717) is 55.4 Å². The Bertz CT molecular complexity index is 1490. The average Bonchev–Trinajstić information content (AvgIpc) is 3.61. The second-order valence-electron chi connectivity index (χ2n) is 13.2. The Balaban J connectivity index is 1.79. The molecule has 0 spiro atoms. The maximum Gasteiger partial charge on any atom is 0.340 e. The summed E-state index contributed by atoms with van der Waals surface area (Å²) in [4.78, 5) is 20.6. The number of piperidine rings is 1. The molecular weight excluding hydrogens is 574 g/mol. The summed E-state index contributed by atoms with van der Waals surface area (Å²) in [6, 6.07) is 1.94. The molecule has 0 saturated carbocycles. The molecule has 0 bridgehead atoms. The summed E-state index contributed by atoms with van der Waals surface area (Å²) in [6.45, 7) is 25.9. The molecule has 0 amide bonds. The number of ether oxygens (including phenoxy) is 4. The summed E-state index contributed by atoms with van der Waals surface area (Å²) < 4.78 is 27.5. The Morgan fingerprint density at radius 3 is 2.44 bits per heavy atom. The van der Waals surface area contributed by atoms with E-state index in [0.717, 1.165) is 24.4 Å². The SMILES string of the molecule is C=CCOC1(C)CCN(c2c(C(OC(C)(C)C)C(=O)OCC)c(C)nc3cc(Cn4cc(C(C)(C)OCC=C)nn4)nn23)CC1. The minimum absolute atomic E-state index is 0.233. The Hall–Kier alpha value is -3.61. The first-order valence-electron chi connectivity index (χ1n) is 15.6. The highest BCUT2D eigenvalue weighted by Gasteiger charge is 2.38. The van der Waals surface area contributed by atoms with Gasteiger partial charge in [-0.05, 0) is 68.2 Å². The Morgan fingerprint density at radius 1 is 1.13 bits per heavy atom. The lowest BCUT2D eigenvalue weighted by Gasteiger charge is -2.41. The smallest absolute Gasteiger partial charge is 0.340 e. The fraction of sp³-hybridized carbons (Fsp3) is 0.606. The van der Waals surface area contributed by atoms with E-state index < -0.39 is 23.3 Å². The molecule has 1 aliphatic rings. The minimum Gasteiger partial charge on any atom is -0.464 e. The molecule has 1 fully saturated rings. The lowest BCUT2D eigenvalue weighted by atomic mass is 9.92. The molecule has 1 atom stereocenters. The van der Waals surface area contributed by atoms with Gasteiger partial charge in [0.25, 0.3) is 0 Å². The number of carbonyl (C=O) groups is 1. The van der Waals surface area contributed by atoms with Gasteiger partial charge in [-0.25, -0.2) is 14.5 Å². The first-order chi connectivity index (χ1) is 21.2. The van der Waals surface area contributed by atoms with Crippen LogP contribution in [-0.4, -0.2) is 79.7 Å². The van der Waals surface area contributed by atoms with E-state index in [1.165, 1.54) is 0 Å². The van der Waals surface area contributed by atoms with Crippen LogP contribution in [0, 0.1) is 6.92 Å². The number of esters is 1. The highest BCUT2D eigenvalue weighted by Crippen LogP contribution is 2.38. The normalized spacial score (nSPS) is 16.1. The number of hydrogen-bond acceptors (Lipinski definition) is 10. The Labute approximate surface area is 266 Å². The van der Waals surface area contributed by atoms with Crippen molar-refractivity contribution in [2.75, 3.05) is 37.8 Å². The highest BCUT2D eigenvalue weighted by atomic mass is 16.6. The fourth-order valence-electron chi connectivity index (χ4n) is 5.40. The van der Waals surface area contributed by atoms with E-state index in [-0.39, 0.29) is 12.2 Å². The van der Waals surface area contributed by atoms with Gasteiger partial charge in [-0.1, -0.05) is 17.4 Å². The quantitative estimate of drug-likeness (QED) is 0.177. The third kappa shape index (κ3) is 8.16. The van der Waals surface area contributed by atoms with Crippen molar-refractivity contribution in [2.45, 2.75) is 97.7 Å². The van der Waals surface area contributed by atoms with Gasteiger partial charge in [-0.3, -0.25) is 0 Å². The van der Waals surface area contributed by atoms with Crippen molar-refractivity contribution < 1.29 is 23.7 Å². The second kappa shape index (κ2) is 13.8. The molecule has 0 aromatic carbocycles. The molecular formula is C33H49N7O5. The van der Waals surface area contributed by atoms with Gasteiger partial charge in [0.1, 0.15) is 17.1 Å². The van der Waals surface area contributed by atoms with Crippen LogP contribution in [0.1, 0.15) is 90.1 Å². The molecule has 12 heteroatoms. The molecule has 3 aromatic heterocycles. The first-order valence-corrected chi connectivity index (χ1v) is 15.6. The zero-order valence-corrected chi connectivity index (χ0v) is 28.1. The van der Waals surface area contributed by atoms with E-state index in [9.17, 15) is 4.79 Å². The van der Waals surface area contributed by atoms with Crippen LogP contribution in [-0.2, 0) is 35.9 Å². The number of nitrogens with zero attached hydrogens (tertiary/aromatic N) is 7. The molecule has 12 nitrogen and oxygen atoms in total. The van der Waals surface area contributed by atoms with Crippen LogP contribution in [0.25, 0.3) is 5.65 Å². The zero-order chi connectivity index (χ0) is 33.0. The van der Waals surface area contributed by atoms with Crippen molar-refractivity contribution >= 4 is 17.4 Å². The van der Waals surface area contributed by atoms with Crippen molar-refractivity contribution in [3.05, 3.63) is 60.2 Å². The molecule has 1 aliphatic heterocycles. The van der Waals surface area contributed by atoms with E-state index in [1.54, 1.807) is 23.8 Å². The zero-order valence-electron chi connectivity index (χ0n) is 28.1. The van der Waals surface area contributed by atoms with E-state index in [2.05, 4.69) is 35.3 Å². The van der Waals surface area contributed by atoms with Crippen LogP contribution < -0.4 is 4.90 Å². The molecule has 0 N–H and O–H groups in total. The van der Waals surface area contributed by atoms with Gasteiger partial charge >= 0.3 is 5.97 Å². The highest BCUT2D eigenvalue weighted by molar-refractivity contribution is 5.80. The number of fused-ring (bicyclic) bond motifs is 1. The van der Waals surface area contributed by atoms with Gasteiger partial charge in [-0.2, -0.15) is 9.61 Å². The van der Waals surface area contributed by atoms with Crippen molar-refractivity contribution in [3.63, 3.8) is 0 Å². The monoisotopic (exact) mass is 623 g/mol. The maximum absolute atomic E-state index is 13.5. The number of aromatic nitrogens is 6. The van der Waals surface area contributed by atoms with Gasteiger partial charge in [0.15, 0.2) is 11.8 Å². The van der Waals surface area contributed by atoms with Gasteiger partial charge in [0, 0.05) is 24.8 Å². The lowest BCUT2D eigenvalue weighted by molar-refractivity contribution is -0.166. The lowest BCUT2D eigenvalue weighted by Crippen LogP contribution is -2.45. The summed E-state index contributed by atoms with van der Waals surface area (Å²) in [5.41, 5.74) is 1.89. The molecule has 246 valence electrons. The fourth-order valence-corrected chi connectivity index (χ4v) is 5.40. The second-order valence-corrected chi connectivity index (χ2v) is 13.2. The van der Waals surface area contributed by atoms with Gasteiger partial charge in [0.05, 0.1) is 55.0 Å². The summed E-state index contributed by atoms with van der Waals surface area (Å²) in [6.07, 6.45) is 5.92. The van der Waals surface area contributed by atoms with Crippen LogP contribution in [0.3, 0.4) is 0 Å². The third-order valence-corrected chi connectivity index (χ3v) is 7.80. The molecule has 45 heavy (non-hydrogen) atoms. The molecule has 1 unspecified atom stereocenters. The molecule has 4 heterocycles. The van der Waals surface area contributed by atoms with Gasteiger partial charge in [0.2, 0.25) is 0 Å². The topological polar surface area (TPSA) is 118 Å². The molecule has 1 saturated heterocycles. The van der Waals surface area contributed by atoms with E-state index >= 15 is 0 Å². The van der Waals surface area contributed by atoms with Crippen molar-refractivity contribution in [1.29, 1.82) is 0 Å². The van der Waals surface area contributed by atoms with Crippen LogP contribution in [0.2, 0.25) is 0 Å². The van der Waals surface area contributed by atoms with Crippen LogP contribution >= 0.6 is 0 Å². The van der Waals surface area contributed by atoms with Crippen molar-refractivity contribution in [3.8, 4) is 0 Å². The number of carbonyl (C=O) groups excluding carboxylic acids is 1. The van der Waals surface area contributed by atoms with Crippen molar-refractivity contribution in [1.82, 2.24) is 29.6 Å². The Kier molecular flexibility index (Phi) is 10.5. The third-order valence-electron chi connectivity index (χ3n) is 7.80. The average molecular weight is 624 g/mol. The number of anilines is 1. The van der Waals surface area contributed by atoms with Gasteiger partial charge in [-0.15, -0.1) is 18.3 Å². The predicted octanol–water partition coefficient (Wildman–Crippen LogP) is 5.10. The maximum atomic E-state index is 13.5. The summed E-state index contributed by atoms with van der Waals surface area (Å²) in [5, 5.41) is 13.7. The van der Waals surface area contributed by atoms with Crippen LogP contribution in [0.4, 0.5) is 5.82 Å². The predicted molar refractivity (Wildman–Crippen MR) is 172 cm³/mol. The van der Waals surface area contributed by atoms with Crippen LogP contribution in [0.15, 0.2) is 37.6 Å². The van der Waals surface area contributed by atoms with E-state index in [4.69, 9.17) is 29.0 Å². The molecule has 0 radical (unpaired) electrons. The number of rotatable bonds is 14. The van der Waals surface area contributed by atoms with E-state index in [1.807, 2.05) is 58.3 Å². The van der Waals surface area contributed by atoms with Crippen LogP contribution in [0.5, 0.6) is 0 Å². The Morgan fingerprint density at radius 2 is 1.82 bits per heavy atom. The molecule has 3 aromatic rings. The van der Waals surface area contributed by atoms with Gasteiger partial charge < -0.3 is 23.8 Å². The standard InChI is InChI=1S/C33H49N7O5/c1-11-18-43-32(8,9)25-22-39(37-35-25)21-24-20-26-34-23(4)27(28(30(41)42-13-3)45-31(5,6)7)29(40(26)36-24)38-16-14-33(10,15-17-38)44-19-12-2/h11-12,20,22,28H,1-2,13-19,21H2,3-10H3. The molecule has 4 rings (SSSR count). The first kappa shape index (κ1) is 34.3. The summed E-state index contributed by atoms with van der Waals surface area (Å²) in [7, 11) is 0. The number of aryl methyl sites for hydroxylation is 1. The minimum atomic E-state index is -0.995. The summed E-state index contributed by atoms with van der Waals surface area (Å²) >= 11 is 0. The summed E-state index contributed by atoms with van der Waals surface area (Å²) in [5.74, 6) is 0.299. The molecule has 0 aliphatic carbocycles. The number of hydrogen-bond donors (Lipinski definition) is 0.